The molecule has 0 radical (unpaired) electrons. The van der Waals surface area contributed by atoms with E-state index in [1.54, 1.807) is 13.8 Å². The highest BCUT2D eigenvalue weighted by Gasteiger charge is 2.17. The second-order valence-electron chi connectivity index (χ2n) is 4.45. The first-order valence-electron chi connectivity index (χ1n) is 6.14. The van der Waals surface area contributed by atoms with Crippen LogP contribution in [0.3, 0.4) is 0 Å². The van der Waals surface area contributed by atoms with E-state index in [4.69, 9.17) is 11.6 Å². The van der Waals surface area contributed by atoms with E-state index < -0.39 is 5.97 Å². The summed E-state index contributed by atoms with van der Waals surface area (Å²) in [6, 6.07) is 4.52. The second kappa shape index (κ2) is 5.97. The van der Waals surface area contributed by atoms with Gasteiger partial charge in [-0.1, -0.05) is 11.6 Å². The van der Waals surface area contributed by atoms with Crippen molar-refractivity contribution in [2.75, 3.05) is 12.4 Å². The number of nitrogens with one attached hydrogen (secondary N) is 2. The first kappa shape index (κ1) is 15.1. The number of hydrogen-bond acceptors (Lipinski definition) is 4. The molecule has 6 nitrogen and oxygen atoms in total. The van der Waals surface area contributed by atoms with Crippen LogP contribution >= 0.6 is 11.6 Å². The number of benzene rings is 1. The van der Waals surface area contributed by atoms with Crippen LogP contribution in [0.1, 0.15) is 32.1 Å². The summed E-state index contributed by atoms with van der Waals surface area (Å²) >= 11 is 6.04. The number of aryl methyl sites for hydroxylation is 2. The molecule has 1 aromatic carbocycles. The number of anilines is 1. The molecule has 0 spiro atoms. The minimum Gasteiger partial charge on any atom is -0.465 e. The molecule has 0 saturated heterocycles. The Bertz CT molecular complexity index is 690. The maximum atomic E-state index is 12.3. The van der Waals surface area contributed by atoms with E-state index in [2.05, 4.69) is 20.3 Å². The molecule has 0 aliphatic rings. The topological polar surface area (TPSA) is 84.1 Å². The molecule has 1 aromatic heterocycles. The van der Waals surface area contributed by atoms with Gasteiger partial charge in [-0.05, 0) is 32.0 Å². The first-order valence-corrected chi connectivity index (χ1v) is 6.52. The minimum atomic E-state index is -0.502. The molecule has 0 atom stereocenters. The van der Waals surface area contributed by atoms with E-state index in [1.165, 1.54) is 25.3 Å². The molecule has 21 heavy (non-hydrogen) atoms. The lowest BCUT2D eigenvalue weighted by molar-refractivity contribution is 0.0600. The van der Waals surface area contributed by atoms with Gasteiger partial charge in [-0.15, -0.1) is 0 Å². The smallest absolute Gasteiger partial charge is 0.337 e. The van der Waals surface area contributed by atoms with Gasteiger partial charge < -0.3 is 10.1 Å². The summed E-state index contributed by atoms with van der Waals surface area (Å²) in [6.07, 6.45) is 0. The number of aromatic nitrogens is 2. The van der Waals surface area contributed by atoms with Gasteiger partial charge in [-0.25, -0.2) is 4.79 Å². The molecule has 7 heteroatoms. The Labute approximate surface area is 126 Å². The van der Waals surface area contributed by atoms with Gasteiger partial charge in [-0.2, -0.15) is 5.10 Å². The largest absolute Gasteiger partial charge is 0.465 e. The molecule has 0 aliphatic heterocycles. The first-order chi connectivity index (χ1) is 9.93. The fraction of sp³-hybridized carbons (Fsp3) is 0.214. The summed E-state index contributed by atoms with van der Waals surface area (Å²) in [5, 5.41) is 9.71. The van der Waals surface area contributed by atoms with Gasteiger partial charge in [0.1, 0.15) is 0 Å². The predicted molar refractivity (Wildman–Crippen MR) is 78.8 cm³/mol. The molecule has 1 amide bonds. The Morgan fingerprint density at radius 2 is 2.05 bits per heavy atom. The normalized spacial score (nSPS) is 10.3. The summed E-state index contributed by atoms with van der Waals surface area (Å²) in [4.78, 5) is 23.8. The molecule has 1 heterocycles. The number of hydrogen-bond donors (Lipinski definition) is 2. The Balaban J connectivity index is 2.31. The maximum Gasteiger partial charge on any atom is 0.337 e. The van der Waals surface area contributed by atoms with Crippen molar-refractivity contribution in [3.8, 4) is 0 Å². The lowest BCUT2D eigenvalue weighted by Gasteiger charge is -2.09. The Morgan fingerprint density at radius 1 is 1.33 bits per heavy atom. The van der Waals surface area contributed by atoms with Crippen molar-refractivity contribution in [2.45, 2.75) is 13.8 Å². The number of ether oxygens (including phenoxy) is 1. The molecule has 2 rings (SSSR count). The van der Waals surface area contributed by atoms with E-state index in [9.17, 15) is 9.59 Å². The van der Waals surface area contributed by atoms with Gasteiger partial charge in [0, 0.05) is 5.69 Å². The SMILES string of the molecule is COC(=O)c1ccc(Cl)c(NC(=O)c2c(C)n[nH]c2C)c1. The molecule has 0 unspecified atom stereocenters. The van der Waals surface area contributed by atoms with Crippen LogP contribution in [0.5, 0.6) is 0 Å². The van der Waals surface area contributed by atoms with Gasteiger partial charge in [0.2, 0.25) is 0 Å². The van der Waals surface area contributed by atoms with Crippen LogP contribution in [-0.2, 0) is 4.74 Å². The van der Waals surface area contributed by atoms with Gasteiger partial charge >= 0.3 is 5.97 Å². The highest BCUT2D eigenvalue weighted by Crippen LogP contribution is 2.24. The number of aromatic amines is 1. The number of amides is 1. The average Bonchev–Trinajstić information content (AvgIpc) is 2.79. The van der Waals surface area contributed by atoms with Crippen LogP contribution in [0.4, 0.5) is 5.69 Å². The summed E-state index contributed by atoms with van der Waals surface area (Å²) in [5.74, 6) is -0.847. The number of esters is 1. The number of carbonyl (C=O) groups is 2. The molecule has 0 bridgehead atoms. The molecule has 0 aliphatic carbocycles. The van der Waals surface area contributed by atoms with Gasteiger partial charge in [0.25, 0.3) is 5.91 Å². The third-order valence-electron chi connectivity index (χ3n) is 2.99. The van der Waals surface area contributed by atoms with E-state index in [0.717, 1.165) is 0 Å². The van der Waals surface area contributed by atoms with Crippen LogP contribution in [0.2, 0.25) is 5.02 Å². The zero-order valence-corrected chi connectivity index (χ0v) is 12.5. The Morgan fingerprint density at radius 3 is 2.62 bits per heavy atom. The fourth-order valence-electron chi connectivity index (χ4n) is 1.94. The van der Waals surface area contributed by atoms with Crippen LogP contribution < -0.4 is 5.32 Å². The summed E-state index contributed by atoms with van der Waals surface area (Å²) in [5.41, 5.74) is 2.34. The quantitative estimate of drug-likeness (QED) is 0.854. The van der Waals surface area contributed by atoms with Crippen molar-refractivity contribution < 1.29 is 14.3 Å². The van der Waals surface area contributed by atoms with Crippen LogP contribution in [-0.4, -0.2) is 29.2 Å². The van der Waals surface area contributed by atoms with Gasteiger partial charge in [0.05, 0.1) is 34.6 Å². The lowest BCUT2D eigenvalue weighted by atomic mass is 10.1. The monoisotopic (exact) mass is 307 g/mol. The van der Waals surface area contributed by atoms with Crippen molar-refractivity contribution in [3.05, 3.63) is 45.7 Å². The lowest BCUT2D eigenvalue weighted by Crippen LogP contribution is -2.14. The van der Waals surface area contributed by atoms with Crippen LogP contribution in [0, 0.1) is 13.8 Å². The highest BCUT2D eigenvalue weighted by atomic mass is 35.5. The van der Waals surface area contributed by atoms with Crippen LogP contribution in [0.25, 0.3) is 0 Å². The molecular weight excluding hydrogens is 294 g/mol. The second-order valence-corrected chi connectivity index (χ2v) is 4.86. The summed E-state index contributed by atoms with van der Waals surface area (Å²) in [7, 11) is 1.29. The zero-order chi connectivity index (χ0) is 15.6. The standard InChI is InChI=1S/C14H14ClN3O3/c1-7-12(8(2)18-17-7)13(19)16-11-6-9(14(20)21-3)4-5-10(11)15/h4-6H,1-3H3,(H,16,19)(H,17,18). The van der Waals surface area contributed by atoms with E-state index in [0.29, 0.717) is 33.2 Å². The minimum absolute atomic E-state index is 0.304. The average molecular weight is 308 g/mol. The van der Waals surface area contributed by atoms with Gasteiger partial charge in [-0.3, -0.25) is 9.89 Å². The van der Waals surface area contributed by atoms with Gasteiger partial charge in [0.15, 0.2) is 0 Å². The Kier molecular flexibility index (Phi) is 4.28. The predicted octanol–water partition coefficient (Wildman–Crippen LogP) is 2.72. The summed E-state index contributed by atoms with van der Waals surface area (Å²) < 4.78 is 4.64. The van der Waals surface area contributed by atoms with Crippen molar-refractivity contribution in [3.63, 3.8) is 0 Å². The molecule has 110 valence electrons. The van der Waals surface area contributed by atoms with Crippen molar-refractivity contribution >= 4 is 29.2 Å². The number of methoxy groups -OCH3 is 1. The number of halogens is 1. The van der Waals surface area contributed by atoms with E-state index >= 15 is 0 Å². The highest BCUT2D eigenvalue weighted by molar-refractivity contribution is 6.34. The fourth-order valence-corrected chi connectivity index (χ4v) is 2.10. The van der Waals surface area contributed by atoms with Crippen molar-refractivity contribution in [2.24, 2.45) is 0 Å². The number of nitrogens with zero attached hydrogens (tertiary/aromatic N) is 1. The number of carbonyl (C=O) groups excluding carboxylic acids is 2. The summed E-state index contributed by atoms with van der Waals surface area (Å²) in [6.45, 7) is 3.48. The van der Waals surface area contributed by atoms with E-state index in [-0.39, 0.29) is 5.91 Å². The third kappa shape index (κ3) is 3.05. The Hall–Kier alpha value is -2.34. The number of H-pyrrole nitrogens is 1. The molecular formula is C14H14ClN3O3. The molecule has 0 saturated carbocycles. The maximum absolute atomic E-state index is 12.3. The van der Waals surface area contributed by atoms with Crippen molar-refractivity contribution in [1.82, 2.24) is 10.2 Å². The number of rotatable bonds is 3. The zero-order valence-electron chi connectivity index (χ0n) is 11.8. The molecule has 2 aromatic rings. The molecule has 2 N–H and O–H groups in total. The molecule has 0 fully saturated rings. The van der Waals surface area contributed by atoms with Crippen molar-refractivity contribution in [1.29, 1.82) is 0 Å². The van der Waals surface area contributed by atoms with E-state index in [1.807, 2.05) is 0 Å². The third-order valence-corrected chi connectivity index (χ3v) is 3.32. The van der Waals surface area contributed by atoms with Crippen LogP contribution in [0.15, 0.2) is 18.2 Å².